The van der Waals surface area contributed by atoms with Crippen LogP contribution >= 0.6 is 0 Å². The third-order valence-corrected chi connectivity index (χ3v) is 5.31. The molecule has 3 heterocycles. The minimum absolute atomic E-state index is 0.0296. The van der Waals surface area contributed by atoms with E-state index in [0.29, 0.717) is 18.8 Å². The smallest absolute Gasteiger partial charge is 0.329 e. The summed E-state index contributed by atoms with van der Waals surface area (Å²) in [6.45, 7) is 2.59. The largest absolute Gasteiger partial charge is 0.336 e. The molecule has 2 atom stereocenters. The van der Waals surface area contributed by atoms with Gasteiger partial charge in [-0.2, -0.15) is 0 Å². The zero-order valence-electron chi connectivity index (χ0n) is 15.7. The number of aromatic nitrogens is 3. The van der Waals surface area contributed by atoms with E-state index in [1.54, 1.807) is 17.9 Å². The molecule has 0 radical (unpaired) electrons. The number of amides is 1. The molecule has 3 aromatic rings. The Morgan fingerprint density at radius 2 is 1.93 bits per heavy atom. The molecule has 0 bridgehead atoms. The number of aromatic amines is 1. The van der Waals surface area contributed by atoms with E-state index in [-0.39, 0.29) is 34.5 Å². The molecular formula is C20H21N5O3. The van der Waals surface area contributed by atoms with Gasteiger partial charge in [-0.15, -0.1) is 0 Å². The number of rotatable bonds is 2. The molecule has 1 fully saturated rings. The molecule has 1 amide bonds. The van der Waals surface area contributed by atoms with Crippen molar-refractivity contribution in [2.24, 2.45) is 12.8 Å². The summed E-state index contributed by atoms with van der Waals surface area (Å²) in [6, 6.07) is 11.2. The van der Waals surface area contributed by atoms with Crippen molar-refractivity contribution in [2.45, 2.75) is 18.9 Å². The molecule has 1 aliphatic rings. The number of carbonyl (C=O) groups is 1. The van der Waals surface area contributed by atoms with Gasteiger partial charge in [-0.1, -0.05) is 30.3 Å². The Labute approximate surface area is 160 Å². The van der Waals surface area contributed by atoms with Crippen LogP contribution in [-0.2, 0) is 7.05 Å². The first kappa shape index (κ1) is 18.1. The van der Waals surface area contributed by atoms with Crippen LogP contribution < -0.4 is 17.0 Å². The monoisotopic (exact) mass is 379 g/mol. The fourth-order valence-corrected chi connectivity index (χ4v) is 3.85. The maximum absolute atomic E-state index is 13.3. The van der Waals surface area contributed by atoms with Crippen LogP contribution in [0.5, 0.6) is 0 Å². The van der Waals surface area contributed by atoms with Crippen LogP contribution in [0, 0.1) is 6.92 Å². The number of nitrogens with one attached hydrogen (secondary N) is 1. The molecule has 1 aromatic carbocycles. The lowest BCUT2D eigenvalue weighted by Crippen LogP contribution is -2.34. The van der Waals surface area contributed by atoms with Crippen LogP contribution in [0.25, 0.3) is 11.0 Å². The zero-order chi connectivity index (χ0) is 20.0. The minimum Gasteiger partial charge on any atom is -0.336 e. The number of nitrogens with two attached hydrogens (primary N) is 1. The quantitative estimate of drug-likeness (QED) is 0.673. The molecule has 28 heavy (non-hydrogen) atoms. The van der Waals surface area contributed by atoms with Crippen LogP contribution in [0.1, 0.15) is 27.5 Å². The van der Waals surface area contributed by atoms with E-state index >= 15 is 0 Å². The van der Waals surface area contributed by atoms with Crippen LogP contribution in [0.4, 0.5) is 0 Å². The van der Waals surface area contributed by atoms with Crippen molar-refractivity contribution in [1.82, 2.24) is 19.4 Å². The van der Waals surface area contributed by atoms with Crippen molar-refractivity contribution in [3.63, 3.8) is 0 Å². The van der Waals surface area contributed by atoms with Gasteiger partial charge in [0.15, 0.2) is 0 Å². The predicted molar refractivity (Wildman–Crippen MR) is 105 cm³/mol. The van der Waals surface area contributed by atoms with Crippen molar-refractivity contribution in [1.29, 1.82) is 0 Å². The summed E-state index contributed by atoms with van der Waals surface area (Å²) < 4.78 is 1.24. The van der Waals surface area contributed by atoms with E-state index in [0.717, 1.165) is 5.56 Å². The third kappa shape index (κ3) is 2.91. The van der Waals surface area contributed by atoms with E-state index in [1.807, 2.05) is 30.3 Å². The van der Waals surface area contributed by atoms with Crippen LogP contribution in [0.15, 0.2) is 46.0 Å². The highest BCUT2D eigenvalue weighted by Gasteiger charge is 2.35. The van der Waals surface area contributed by atoms with Gasteiger partial charge in [-0.25, -0.2) is 9.78 Å². The highest BCUT2D eigenvalue weighted by Crippen LogP contribution is 2.28. The van der Waals surface area contributed by atoms with Gasteiger partial charge >= 0.3 is 5.69 Å². The van der Waals surface area contributed by atoms with Crippen molar-refractivity contribution in [3.8, 4) is 0 Å². The highest BCUT2D eigenvalue weighted by molar-refractivity contribution is 6.05. The summed E-state index contributed by atoms with van der Waals surface area (Å²) in [5, 5.41) is 0.120. The summed E-state index contributed by atoms with van der Waals surface area (Å²) in [5.41, 5.74) is 7.20. The molecule has 144 valence electrons. The Hall–Kier alpha value is -3.26. The Kier molecular flexibility index (Phi) is 4.35. The Bertz CT molecular complexity index is 1180. The van der Waals surface area contributed by atoms with Gasteiger partial charge < -0.3 is 10.6 Å². The second kappa shape index (κ2) is 6.72. The molecule has 8 nitrogen and oxygen atoms in total. The summed E-state index contributed by atoms with van der Waals surface area (Å²) in [5.74, 6) is -0.254. The number of carbonyl (C=O) groups excluding carboxylic acids is 1. The number of hydrogen-bond acceptors (Lipinski definition) is 5. The highest BCUT2D eigenvalue weighted by atomic mass is 16.2. The van der Waals surface area contributed by atoms with E-state index in [2.05, 4.69) is 9.97 Å². The fourth-order valence-electron chi connectivity index (χ4n) is 3.85. The number of pyridine rings is 1. The summed E-state index contributed by atoms with van der Waals surface area (Å²) in [6.07, 6.45) is 0. The molecule has 3 N–H and O–H groups in total. The zero-order valence-corrected chi connectivity index (χ0v) is 15.7. The average molecular weight is 379 g/mol. The van der Waals surface area contributed by atoms with Crippen molar-refractivity contribution in [2.75, 3.05) is 13.1 Å². The SMILES string of the molecule is Cc1cc(C(=O)N2C[C@H](c3ccccc3)[C@@H](N)C2)c2c(=O)[nH]c(=O)n(C)c2n1. The molecule has 1 aliphatic heterocycles. The topological polar surface area (TPSA) is 114 Å². The number of aryl methyl sites for hydroxylation is 2. The van der Waals surface area contributed by atoms with Crippen LogP contribution in [0.3, 0.4) is 0 Å². The van der Waals surface area contributed by atoms with E-state index in [1.165, 1.54) is 11.6 Å². The minimum atomic E-state index is -0.614. The summed E-state index contributed by atoms with van der Waals surface area (Å²) in [4.78, 5) is 45.8. The van der Waals surface area contributed by atoms with Crippen LogP contribution in [0.2, 0.25) is 0 Å². The molecule has 0 saturated carbocycles. The molecule has 2 aromatic heterocycles. The summed E-state index contributed by atoms with van der Waals surface area (Å²) >= 11 is 0. The molecule has 4 rings (SSSR count). The lowest BCUT2D eigenvalue weighted by atomic mass is 9.95. The molecular weight excluding hydrogens is 358 g/mol. The third-order valence-electron chi connectivity index (χ3n) is 5.31. The lowest BCUT2D eigenvalue weighted by molar-refractivity contribution is 0.0791. The molecule has 0 aliphatic carbocycles. The number of H-pyrrole nitrogens is 1. The lowest BCUT2D eigenvalue weighted by Gasteiger charge is -2.18. The van der Waals surface area contributed by atoms with Crippen LogP contribution in [-0.4, -0.2) is 44.5 Å². The van der Waals surface area contributed by atoms with Crippen molar-refractivity contribution in [3.05, 3.63) is 74.1 Å². The second-order valence-corrected chi connectivity index (χ2v) is 7.22. The standard InChI is InChI=1S/C20H21N5O3/c1-11-8-13(16-17(22-11)24(2)20(28)23-18(16)26)19(27)25-9-14(15(21)10-25)12-6-4-3-5-7-12/h3-8,14-15H,9-10,21H2,1-2H3,(H,23,26,28)/t14-,15+/m1/s1. The summed E-state index contributed by atoms with van der Waals surface area (Å²) in [7, 11) is 1.51. The maximum Gasteiger partial charge on any atom is 0.329 e. The fraction of sp³-hybridized carbons (Fsp3) is 0.300. The first-order valence-corrected chi connectivity index (χ1v) is 9.07. The van der Waals surface area contributed by atoms with E-state index < -0.39 is 11.2 Å². The second-order valence-electron chi connectivity index (χ2n) is 7.22. The van der Waals surface area contributed by atoms with Gasteiger partial charge in [-0.3, -0.25) is 19.1 Å². The van der Waals surface area contributed by atoms with Gasteiger partial charge in [0.2, 0.25) is 0 Å². The normalized spacial score (nSPS) is 19.3. The Balaban J connectivity index is 1.77. The van der Waals surface area contributed by atoms with E-state index in [4.69, 9.17) is 5.73 Å². The molecule has 8 heteroatoms. The Morgan fingerprint density at radius 3 is 2.64 bits per heavy atom. The van der Waals surface area contributed by atoms with Crippen molar-refractivity contribution >= 4 is 16.9 Å². The van der Waals surface area contributed by atoms with Gasteiger partial charge in [0.05, 0.1) is 10.9 Å². The number of likely N-dealkylation sites (tertiary alicyclic amines) is 1. The van der Waals surface area contributed by atoms with Crippen molar-refractivity contribution < 1.29 is 4.79 Å². The number of nitrogens with zero attached hydrogens (tertiary/aromatic N) is 3. The van der Waals surface area contributed by atoms with Gasteiger partial charge in [-0.05, 0) is 18.6 Å². The number of benzene rings is 1. The molecule has 0 unspecified atom stereocenters. The van der Waals surface area contributed by atoms with Gasteiger partial charge in [0.25, 0.3) is 11.5 Å². The van der Waals surface area contributed by atoms with E-state index in [9.17, 15) is 14.4 Å². The predicted octanol–water partition coefficient (Wildman–Crippen LogP) is 0.497. The maximum atomic E-state index is 13.3. The molecule has 1 saturated heterocycles. The number of fused-ring (bicyclic) bond motifs is 1. The average Bonchev–Trinajstić information content (AvgIpc) is 3.07. The van der Waals surface area contributed by atoms with Gasteiger partial charge in [0, 0.05) is 37.8 Å². The van der Waals surface area contributed by atoms with Gasteiger partial charge in [0.1, 0.15) is 5.65 Å². The molecule has 0 spiro atoms. The number of hydrogen-bond donors (Lipinski definition) is 2. The first-order chi connectivity index (χ1) is 13.4. The first-order valence-electron chi connectivity index (χ1n) is 9.07. The Morgan fingerprint density at radius 1 is 1.21 bits per heavy atom.